The van der Waals surface area contributed by atoms with E-state index in [-0.39, 0.29) is 0 Å². The van der Waals surface area contributed by atoms with Crippen LogP contribution in [0.3, 0.4) is 0 Å². The van der Waals surface area contributed by atoms with Crippen LogP contribution in [0.4, 0.5) is 5.69 Å². The van der Waals surface area contributed by atoms with Gasteiger partial charge < -0.3 is 9.47 Å². The molecule has 1 aliphatic rings. The summed E-state index contributed by atoms with van der Waals surface area (Å²) >= 11 is 0. The molecule has 0 aliphatic carbocycles. The Morgan fingerprint density at radius 2 is 1.81 bits per heavy atom. The average Bonchev–Trinajstić information content (AvgIpc) is 2.71. The van der Waals surface area contributed by atoms with Crippen molar-refractivity contribution >= 4 is 5.69 Å². The molecule has 3 rings (SSSR count). The molecular formula is C21H23N3O2. The maximum absolute atomic E-state index is 5.65. The van der Waals surface area contributed by atoms with Crippen molar-refractivity contribution in [3.63, 3.8) is 0 Å². The van der Waals surface area contributed by atoms with Crippen LogP contribution in [0.5, 0.6) is 11.5 Å². The first kappa shape index (κ1) is 17.8. The van der Waals surface area contributed by atoms with Crippen LogP contribution in [0.15, 0.2) is 58.9 Å². The van der Waals surface area contributed by atoms with Gasteiger partial charge in [-0.05, 0) is 43.5 Å². The van der Waals surface area contributed by atoms with Crippen molar-refractivity contribution in [2.75, 3.05) is 26.8 Å². The normalized spacial score (nSPS) is 14.0. The Labute approximate surface area is 154 Å². The Bertz CT molecular complexity index is 802. The Hall–Kier alpha value is -3.00. The van der Waals surface area contributed by atoms with E-state index in [4.69, 9.17) is 9.47 Å². The van der Waals surface area contributed by atoms with Gasteiger partial charge in [0.25, 0.3) is 0 Å². The molecule has 2 aromatic carbocycles. The second kappa shape index (κ2) is 9.47. The van der Waals surface area contributed by atoms with Crippen LogP contribution in [0.2, 0.25) is 0 Å². The van der Waals surface area contributed by atoms with E-state index in [1.807, 2.05) is 53.5 Å². The van der Waals surface area contributed by atoms with Crippen molar-refractivity contribution in [3.05, 3.63) is 54.1 Å². The third-order valence-corrected chi connectivity index (χ3v) is 4.09. The van der Waals surface area contributed by atoms with Crippen molar-refractivity contribution in [1.29, 1.82) is 0 Å². The molecular weight excluding hydrogens is 326 g/mol. The molecule has 0 unspecified atom stereocenters. The van der Waals surface area contributed by atoms with Crippen molar-refractivity contribution in [2.45, 2.75) is 19.3 Å². The average molecular weight is 349 g/mol. The van der Waals surface area contributed by atoms with Crippen LogP contribution in [0.25, 0.3) is 0 Å². The van der Waals surface area contributed by atoms with Gasteiger partial charge in [-0.25, -0.2) is 0 Å². The van der Waals surface area contributed by atoms with Crippen LogP contribution in [-0.2, 0) is 0 Å². The zero-order chi connectivity index (χ0) is 18.0. The molecule has 0 atom stereocenters. The Morgan fingerprint density at radius 1 is 1.00 bits per heavy atom. The first-order valence-electron chi connectivity index (χ1n) is 8.86. The molecule has 0 bridgehead atoms. The standard InChI is InChI=1S/C21H23N3O2/c1-25-19-11-7-12-20(17-19)26-16-8-10-18-9-3-4-13-21(18)22-23-24-14-5-2-6-15-24/h3-4,7,9,11-13,17H,2,5-6,14-16H2,1H3. The number of nitrogens with zero attached hydrogens (tertiary/aromatic N) is 3. The zero-order valence-corrected chi connectivity index (χ0v) is 15.0. The highest BCUT2D eigenvalue weighted by Crippen LogP contribution is 2.20. The van der Waals surface area contributed by atoms with Crippen LogP contribution < -0.4 is 9.47 Å². The molecule has 0 aromatic heterocycles. The van der Waals surface area contributed by atoms with Gasteiger partial charge in [-0.15, -0.1) is 5.11 Å². The van der Waals surface area contributed by atoms with Crippen molar-refractivity contribution in [3.8, 4) is 23.3 Å². The van der Waals surface area contributed by atoms with Gasteiger partial charge in [0.05, 0.1) is 12.7 Å². The first-order chi connectivity index (χ1) is 12.8. The van der Waals surface area contributed by atoms with Crippen molar-refractivity contribution < 1.29 is 9.47 Å². The van der Waals surface area contributed by atoms with Gasteiger partial charge in [0.15, 0.2) is 0 Å². The van der Waals surface area contributed by atoms with Gasteiger partial charge in [-0.2, -0.15) is 0 Å². The molecule has 0 radical (unpaired) electrons. The summed E-state index contributed by atoms with van der Waals surface area (Å²) in [5.74, 6) is 7.65. The number of ether oxygens (including phenoxy) is 2. The van der Waals surface area contributed by atoms with Gasteiger partial charge in [-0.3, -0.25) is 5.01 Å². The highest BCUT2D eigenvalue weighted by molar-refractivity contribution is 5.54. The summed E-state index contributed by atoms with van der Waals surface area (Å²) in [5, 5.41) is 10.8. The monoisotopic (exact) mass is 349 g/mol. The van der Waals surface area contributed by atoms with Gasteiger partial charge in [0.1, 0.15) is 23.8 Å². The summed E-state index contributed by atoms with van der Waals surface area (Å²) in [6.07, 6.45) is 3.64. The van der Waals surface area contributed by atoms with Gasteiger partial charge in [0.2, 0.25) is 0 Å². The molecule has 1 fully saturated rings. The van der Waals surface area contributed by atoms with Crippen LogP contribution in [-0.4, -0.2) is 31.8 Å². The van der Waals surface area contributed by atoms with E-state index in [0.717, 1.165) is 35.8 Å². The van der Waals surface area contributed by atoms with Crippen LogP contribution in [0, 0.1) is 11.8 Å². The Balaban J connectivity index is 1.61. The Morgan fingerprint density at radius 3 is 2.65 bits per heavy atom. The Kier molecular flexibility index (Phi) is 6.49. The highest BCUT2D eigenvalue weighted by atomic mass is 16.5. The molecule has 5 heteroatoms. The fraction of sp³-hybridized carbons (Fsp3) is 0.333. The summed E-state index contributed by atoms with van der Waals surface area (Å²) in [6, 6.07) is 15.3. The lowest BCUT2D eigenvalue weighted by Gasteiger charge is -2.21. The molecule has 2 aromatic rings. The molecule has 1 heterocycles. The van der Waals surface area contributed by atoms with E-state index in [2.05, 4.69) is 22.2 Å². The summed E-state index contributed by atoms with van der Waals surface area (Å²) in [6.45, 7) is 2.25. The number of piperidine rings is 1. The minimum absolute atomic E-state index is 0.296. The van der Waals surface area contributed by atoms with Crippen molar-refractivity contribution in [2.24, 2.45) is 10.3 Å². The number of benzene rings is 2. The van der Waals surface area contributed by atoms with Gasteiger partial charge in [-0.1, -0.05) is 35.3 Å². The number of hydrogen-bond donors (Lipinski definition) is 0. The smallest absolute Gasteiger partial charge is 0.149 e. The molecule has 26 heavy (non-hydrogen) atoms. The molecule has 5 nitrogen and oxygen atoms in total. The highest BCUT2D eigenvalue weighted by Gasteiger charge is 2.07. The van der Waals surface area contributed by atoms with E-state index in [0.29, 0.717) is 6.61 Å². The molecule has 0 N–H and O–H groups in total. The van der Waals surface area contributed by atoms with Crippen molar-refractivity contribution in [1.82, 2.24) is 5.01 Å². The molecule has 0 spiro atoms. The maximum atomic E-state index is 5.65. The summed E-state index contributed by atoms with van der Waals surface area (Å²) < 4.78 is 10.8. The van der Waals surface area contributed by atoms with E-state index in [9.17, 15) is 0 Å². The van der Waals surface area contributed by atoms with Gasteiger partial charge >= 0.3 is 0 Å². The molecule has 1 saturated heterocycles. The summed E-state index contributed by atoms with van der Waals surface area (Å²) in [4.78, 5) is 0. The summed E-state index contributed by atoms with van der Waals surface area (Å²) in [5.41, 5.74) is 1.63. The van der Waals surface area contributed by atoms with E-state index in [1.54, 1.807) is 7.11 Å². The fourth-order valence-corrected chi connectivity index (χ4v) is 2.69. The minimum Gasteiger partial charge on any atom is -0.497 e. The number of methoxy groups -OCH3 is 1. The van der Waals surface area contributed by atoms with Crippen LogP contribution in [0.1, 0.15) is 24.8 Å². The largest absolute Gasteiger partial charge is 0.497 e. The second-order valence-corrected chi connectivity index (χ2v) is 5.99. The van der Waals surface area contributed by atoms with E-state index < -0.39 is 0 Å². The predicted octanol–water partition coefficient (Wildman–Crippen LogP) is 4.61. The van der Waals surface area contributed by atoms with E-state index >= 15 is 0 Å². The SMILES string of the molecule is COc1cccc(OCC#Cc2ccccc2N=NN2CCCCC2)c1. The minimum atomic E-state index is 0.296. The fourth-order valence-electron chi connectivity index (χ4n) is 2.69. The molecule has 1 aliphatic heterocycles. The lowest BCUT2D eigenvalue weighted by atomic mass is 10.2. The third-order valence-electron chi connectivity index (χ3n) is 4.09. The van der Waals surface area contributed by atoms with Crippen LogP contribution >= 0.6 is 0 Å². The number of hydrogen-bond acceptors (Lipinski definition) is 4. The zero-order valence-electron chi connectivity index (χ0n) is 15.0. The lowest BCUT2D eigenvalue weighted by molar-refractivity contribution is 0.224. The molecule has 0 saturated carbocycles. The number of rotatable bonds is 5. The van der Waals surface area contributed by atoms with E-state index in [1.165, 1.54) is 19.3 Å². The maximum Gasteiger partial charge on any atom is 0.149 e. The third kappa shape index (κ3) is 5.25. The second-order valence-electron chi connectivity index (χ2n) is 5.99. The lowest BCUT2D eigenvalue weighted by Crippen LogP contribution is -2.23. The predicted molar refractivity (Wildman–Crippen MR) is 102 cm³/mol. The quantitative estimate of drug-likeness (QED) is 0.585. The first-order valence-corrected chi connectivity index (χ1v) is 8.86. The topological polar surface area (TPSA) is 46.4 Å². The molecule has 134 valence electrons. The summed E-state index contributed by atoms with van der Waals surface area (Å²) in [7, 11) is 1.63. The molecule has 0 amide bonds. The van der Waals surface area contributed by atoms with Gasteiger partial charge in [0, 0.05) is 19.2 Å².